The SMILES string of the molecule is O=C1CC(C(c2ccccc2)c2ccccc2)C(=O)O1. The molecule has 0 radical (unpaired) electrons. The highest BCUT2D eigenvalue weighted by molar-refractivity contribution is 5.95. The van der Waals surface area contributed by atoms with Gasteiger partial charge in [-0.15, -0.1) is 0 Å². The Morgan fingerprint density at radius 1 is 0.850 bits per heavy atom. The molecule has 3 nitrogen and oxygen atoms in total. The van der Waals surface area contributed by atoms with E-state index >= 15 is 0 Å². The predicted molar refractivity (Wildman–Crippen MR) is 73.9 cm³/mol. The number of cyclic esters (lactones) is 2. The van der Waals surface area contributed by atoms with Gasteiger partial charge in [-0.25, -0.2) is 0 Å². The lowest BCUT2D eigenvalue weighted by Crippen LogP contribution is -2.19. The lowest BCUT2D eigenvalue weighted by Gasteiger charge is -2.21. The molecule has 100 valence electrons. The molecule has 0 aromatic heterocycles. The molecule has 1 aliphatic rings. The second-order valence-electron chi connectivity index (χ2n) is 4.90. The molecule has 0 spiro atoms. The first-order valence-electron chi connectivity index (χ1n) is 6.60. The van der Waals surface area contributed by atoms with E-state index in [4.69, 9.17) is 4.74 Å². The molecular formula is C17H14O3. The molecule has 2 aromatic carbocycles. The average Bonchev–Trinajstić information content (AvgIpc) is 2.80. The fourth-order valence-electron chi connectivity index (χ4n) is 2.72. The van der Waals surface area contributed by atoms with Crippen LogP contribution in [0.5, 0.6) is 0 Å². The van der Waals surface area contributed by atoms with Crippen LogP contribution >= 0.6 is 0 Å². The maximum Gasteiger partial charge on any atom is 0.318 e. The van der Waals surface area contributed by atoms with Gasteiger partial charge in [-0.3, -0.25) is 9.59 Å². The van der Waals surface area contributed by atoms with E-state index in [0.29, 0.717) is 0 Å². The first-order valence-corrected chi connectivity index (χ1v) is 6.60. The summed E-state index contributed by atoms with van der Waals surface area (Å²) in [6, 6.07) is 19.5. The molecule has 1 heterocycles. The lowest BCUT2D eigenvalue weighted by molar-refractivity contribution is -0.153. The zero-order valence-corrected chi connectivity index (χ0v) is 10.9. The Hall–Kier alpha value is -2.42. The molecule has 0 bridgehead atoms. The van der Waals surface area contributed by atoms with Gasteiger partial charge < -0.3 is 4.74 Å². The van der Waals surface area contributed by atoms with Gasteiger partial charge in [0.2, 0.25) is 0 Å². The third kappa shape index (κ3) is 2.35. The largest absolute Gasteiger partial charge is 0.393 e. The molecule has 2 aromatic rings. The topological polar surface area (TPSA) is 43.4 Å². The van der Waals surface area contributed by atoms with Crippen molar-refractivity contribution in [2.24, 2.45) is 5.92 Å². The Kier molecular flexibility index (Phi) is 3.33. The number of carbonyl (C=O) groups excluding carboxylic acids is 2. The number of carbonyl (C=O) groups is 2. The summed E-state index contributed by atoms with van der Waals surface area (Å²) in [5, 5.41) is 0. The van der Waals surface area contributed by atoms with Crippen LogP contribution < -0.4 is 0 Å². The number of hydrogen-bond donors (Lipinski definition) is 0. The van der Waals surface area contributed by atoms with Crippen molar-refractivity contribution in [2.75, 3.05) is 0 Å². The van der Waals surface area contributed by atoms with Crippen molar-refractivity contribution < 1.29 is 14.3 Å². The van der Waals surface area contributed by atoms with Gasteiger partial charge in [0.25, 0.3) is 0 Å². The third-order valence-corrected chi connectivity index (χ3v) is 3.62. The average molecular weight is 266 g/mol. The van der Waals surface area contributed by atoms with E-state index in [1.54, 1.807) is 0 Å². The van der Waals surface area contributed by atoms with Crippen LogP contribution in [0.15, 0.2) is 60.7 Å². The molecule has 1 aliphatic heterocycles. The van der Waals surface area contributed by atoms with Gasteiger partial charge in [-0.2, -0.15) is 0 Å². The van der Waals surface area contributed by atoms with Crippen LogP contribution in [0, 0.1) is 5.92 Å². The van der Waals surface area contributed by atoms with Crippen LogP contribution in [0.4, 0.5) is 0 Å². The van der Waals surface area contributed by atoms with Crippen LogP contribution in [0.2, 0.25) is 0 Å². The molecule has 1 fully saturated rings. The van der Waals surface area contributed by atoms with Crippen molar-refractivity contribution in [1.82, 2.24) is 0 Å². The Morgan fingerprint density at radius 2 is 1.35 bits per heavy atom. The summed E-state index contributed by atoms with van der Waals surface area (Å²) in [5.41, 5.74) is 2.05. The first kappa shape index (κ1) is 12.6. The Balaban J connectivity index is 2.05. The van der Waals surface area contributed by atoms with Gasteiger partial charge in [0.1, 0.15) is 0 Å². The second kappa shape index (κ2) is 5.29. The molecular weight excluding hydrogens is 252 g/mol. The Labute approximate surface area is 117 Å². The van der Waals surface area contributed by atoms with E-state index in [-0.39, 0.29) is 12.3 Å². The summed E-state index contributed by atoms with van der Waals surface area (Å²) in [7, 11) is 0. The van der Waals surface area contributed by atoms with Crippen molar-refractivity contribution >= 4 is 11.9 Å². The minimum absolute atomic E-state index is 0.142. The summed E-state index contributed by atoms with van der Waals surface area (Å²) < 4.78 is 4.72. The Bertz CT molecular complexity index is 580. The van der Waals surface area contributed by atoms with Crippen molar-refractivity contribution in [3.63, 3.8) is 0 Å². The molecule has 1 unspecified atom stereocenters. The van der Waals surface area contributed by atoms with E-state index in [0.717, 1.165) is 11.1 Å². The van der Waals surface area contributed by atoms with Gasteiger partial charge in [0.15, 0.2) is 0 Å². The van der Waals surface area contributed by atoms with Crippen LogP contribution in [-0.2, 0) is 14.3 Å². The highest BCUT2D eigenvalue weighted by atomic mass is 16.6. The van der Waals surface area contributed by atoms with Crippen molar-refractivity contribution in [1.29, 1.82) is 0 Å². The summed E-state index contributed by atoms with van der Waals surface area (Å²) in [4.78, 5) is 23.3. The summed E-state index contributed by atoms with van der Waals surface area (Å²) >= 11 is 0. The van der Waals surface area contributed by atoms with Crippen molar-refractivity contribution in [2.45, 2.75) is 12.3 Å². The molecule has 3 heteroatoms. The number of rotatable bonds is 3. The minimum Gasteiger partial charge on any atom is -0.393 e. The third-order valence-electron chi connectivity index (χ3n) is 3.62. The van der Waals surface area contributed by atoms with E-state index in [9.17, 15) is 9.59 Å². The highest BCUT2D eigenvalue weighted by Gasteiger charge is 2.40. The molecule has 1 saturated heterocycles. The minimum atomic E-state index is -0.438. The quantitative estimate of drug-likeness (QED) is 0.633. The van der Waals surface area contributed by atoms with Crippen molar-refractivity contribution in [3.05, 3.63) is 71.8 Å². The van der Waals surface area contributed by atoms with Crippen LogP contribution in [0.1, 0.15) is 23.5 Å². The van der Waals surface area contributed by atoms with E-state index < -0.39 is 17.9 Å². The van der Waals surface area contributed by atoms with Gasteiger partial charge in [-0.1, -0.05) is 60.7 Å². The number of esters is 2. The lowest BCUT2D eigenvalue weighted by atomic mass is 9.80. The smallest absolute Gasteiger partial charge is 0.318 e. The van der Waals surface area contributed by atoms with Crippen LogP contribution in [0.25, 0.3) is 0 Å². The van der Waals surface area contributed by atoms with Gasteiger partial charge in [0, 0.05) is 5.92 Å². The van der Waals surface area contributed by atoms with Gasteiger partial charge >= 0.3 is 11.9 Å². The fourth-order valence-corrected chi connectivity index (χ4v) is 2.72. The zero-order chi connectivity index (χ0) is 13.9. The molecule has 0 saturated carbocycles. The maximum absolute atomic E-state index is 11.9. The molecule has 1 atom stereocenters. The number of ether oxygens (including phenoxy) is 1. The van der Waals surface area contributed by atoms with Crippen LogP contribution in [0.3, 0.4) is 0 Å². The molecule has 0 N–H and O–H groups in total. The summed E-state index contributed by atoms with van der Waals surface area (Å²) in [6.45, 7) is 0. The molecule has 0 aliphatic carbocycles. The number of hydrogen-bond acceptors (Lipinski definition) is 3. The summed E-state index contributed by atoms with van der Waals surface area (Å²) in [5.74, 6) is -1.44. The van der Waals surface area contributed by atoms with E-state index in [1.165, 1.54) is 0 Å². The molecule has 3 rings (SSSR count). The predicted octanol–water partition coefficient (Wildman–Crippen LogP) is 2.91. The monoisotopic (exact) mass is 266 g/mol. The van der Waals surface area contributed by atoms with Crippen molar-refractivity contribution in [3.8, 4) is 0 Å². The fraction of sp³-hybridized carbons (Fsp3) is 0.176. The highest BCUT2D eigenvalue weighted by Crippen LogP contribution is 2.37. The van der Waals surface area contributed by atoms with Gasteiger partial charge in [0.05, 0.1) is 12.3 Å². The van der Waals surface area contributed by atoms with E-state index in [1.807, 2.05) is 60.7 Å². The Morgan fingerprint density at radius 3 is 1.75 bits per heavy atom. The van der Waals surface area contributed by atoms with Gasteiger partial charge in [-0.05, 0) is 11.1 Å². The summed E-state index contributed by atoms with van der Waals surface area (Å²) in [6.07, 6.45) is 0.146. The molecule has 20 heavy (non-hydrogen) atoms. The first-order chi connectivity index (χ1) is 9.75. The zero-order valence-electron chi connectivity index (χ0n) is 10.9. The standard InChI is InChI=1S/C17H14O3/c18-15-11-14(17(19)20-15)16(12-7-3-1-4-8-12)13-9-5-2-6-10-13/h1-10,14,16H,11H2. The van der Waals surface area contributed by atoms with Crippen LogP contribution in [-0.4, -0.2) is 11.9 Å². The molecule has 0 amide bonds. The normalized spacial score (nSPS) is 18.4. The van der Waals surface area contributed by atoms with E-state index in [2.05, 4.69) is 0 Å². The number of benzene rings is 2. The maximum atomic E-state index is 11.9. The second-order valence-corrected chi connectivity index (χ2v) is 4.90.